The van der Waals surface area contributed by atoms with Crippen LogP contribution in [0.15, 0.2) is 30.5 Å². The summed E-state index contributed by atoms with van der Waals surface area (Å²) in [6, 6.07) is 5.86. The highest BCUT2D eigenvalue weighted by Gasteiger charge is 2.50. The molecule has 86 valence electrons. The molecule has 0 radical (unpaired) electrons. The van der Waals surface area contributed by atoms with Gasteiger partial charge >= 0.3 is 0 Å². The molecule has 1 N–H and O–H groups in total. The third-order valence-corrected chi connectivity index (χ3v) is 3.89. The van der Waals surface area contributed by atoms with Crippen LogP contribution < -0.4 is 5.32 Å². The summed E-state index contributed by atoms with van der Waals surface area (Å²) in [6.45, 7) is 8.06. The molecular formula is C13H15Cl2N. The Balaban J connectivity index is 2.05. The zero-order valence-electron chi connectivity index (χ0n) is 9.48. The molecule has 1 aliphatic carbocycles. The third kappa shape index (κ3) is 2.36. The predicted octanol–water partition coefficient (Wildman–Crippen LogP) is 4.59. The largest absolute Gasteiger partial charge is 0.359 e. The quantitative estimate of drug-likeness (QED) is 0.780. The number of rotatable bonds is 3. The van der Waals surface area contributed by atoms with E-state index in [1.807, 2.05) is 32.0 Å². The van der Waals surface area contributed by atoms with Gasteiger partial charge in [0.05, 0.1) is 4.87 Å². The molecule has 16 heavy (non-hydrogen) atoms. The highest BCUT2D eigenvalue weighted by molar-refractivity contribution is 6.31. The lowest BCUT2D eigenvalue weighted by Gasteiger charge is -2.11. The third-order valence-electron chi connectivity index (χ3n) is 3.05. The first-order valence-corrected chi connectivity index (χ1v) is 6.06. The molecule has 3 heteroatoms. The summed E-state index contributed by atoms with van der Waals surface area (Å²) in [5.41, 5.74) is 3.06. The molecule has 0 amide bonds. The van der Waals surface area contributed by atoms with Crippen LogP contribution in [0.3, 0.4) is 0 Å². The van der Waals surface area contributed by atoms with Gasteiger partial charge in [-0.25, -0.2) is 0 Å². The second kappa shape index (κ2) is 3.97. The van der Waals surface area contributed by atoms with E-state index in [9.17, 15) is 0 Å². The molecule has 1 aromatic carbocycles. The van der Waals surface area contributed by atoms with Crippen LogP contribution in [0.1, 0.15) is 18.9 Å². The van der Waals surface area contributed by atoms with Gasteiger partial charge in [-0.05, 0) is 44.0 Å². The molecule has 0 aliphatic heterocycles. The Bertz CT molecular complexity index is 438. The molecule has 1 aliphatic rings. The van der Waals surface area contributed by atoms with Crippen molar-refractivity contribution in [3.63, 3.8) is 0 Å². The lowest BCUT2D eigenvalue weighted by atomic mass is 10.2. The molecule has 2 rings (SSSR count). The average molecular weight is 256 g/mol. The Morgan fingerprint density at radius 1 is 1.56 bits per heavy atom. The maximum absolute atomic E-state index is 6.20. The summed E-state index contributed by atoms with van der Waals surface area (Å²) in [7, 11) is 0. The minimum absolute atomic E-state index is 0.106. The topological polar surface area (TPSA) is 12.0 Å². The Morgan fingerprint density at radius 3 is 2.69 bits per heavy atom. The van der Waals surface area contributed by atoms with Crippen molar-refractivity contribution in [3.05, 3.63) is 41.1 Å². The standard InChI is InChI=1S/C13H15Cl2N/c1-8-6-10(4-5-12(8)14)16-9(2)11-7-13(11,3)15/h4-6,11,16H,2,7H2,1,3H3. The molecule has 0 saturated heterocycles. The van der Waals surface area contributed by atoms with Gasteiger partial charge in [0.15, 0.2) is 0 Å². The minimum atomic E-state index is -0.106. The van der Waals surface area contributed by atoms with Gasteiger partial charge in [-0.3, -0.25) is 0 Å². The lowest BCUT2D eigenvalue weighted by molar-refractivity contribution is 0.899. The number of benzene rings is 1. The van der Waals surface area contributed by atoms with Gasteiger partial charge in [0.1, 0.15) is 0 Å². The average Bonchev–Trinajstić information content (AvgIpc) is 2.82. The van der Waals surface area contributed by atoms with Crippen LogP contribution >= 0.6 is 23.2 Å². The van der Waals surface area contributed by atoms with Crippen LogP contribution in [0.2, 0.25) is 5.02 Å². The molecule has 2 unspecified atom stereocenters. The molecular weight excluding hydrogens is 241 g/mol. The number of anilines is 1. The molecule has 2 atom stereocenters. The highest BCUT2D eigenvalue weighted by Crippen LogP contribution is 2.52. The van der Waals surface area contributed by atoms with Crippen LogP contribution in [0.25, 0.3) is 0 Å². The van der Waals surface area contributed by atoms with Crippen LogP contribution in [0.4, 0.5) is 5.69 Å². The van der Waals surface area contributed by atoms with E-state index < -0.39 is 0 Å². The molecule has 0 heterocycles. The number of halogens is 2. The summed E-state index contributed by atoms with van der Waals surface area (Å²) in [6.07, 6.45) is 0.993. The fraction of sp³-hybridized carbons (Fsp3) is 0.385. The molecule has 0 bridgehead atoms. The van der Waals surface area contributed by atoms with Crippen LogP contribution in [0, 0.1) is 12.8 Å². The number of nitrogens with one attached hydrogen (secondary N) is 1. The van der Waals surface area contributed by atoms with E-state index in [0.717, 1.165) is 28.4 Å². The smallest absolute Gasteiger partial charge is 0.0508 e. The molecule has 0 spiro atoms. The molecule has 0 aromatic heterocycles. The van der Waals surface area contributed by atoms with E-state index in [-0.39, 0.29) is 4.87 Å². The Kier molecular flexibility index (Phi) is 2.93. The van der Waals surface area contributed by atoms with Crippen LogP contribution in [-0.2, 0) is 0 Å². The maximum atomic E-state index is 6.20. The van der Waals surface area contributed by atoms with Crippen molar-refractivity contribution in [2.75, 3.05) is 5.32 Å². The van der Waals surface area contributed by atoms with Gasteiger partial charge in [0.25, 0.3) is 0 Å². The fourth-order valence-electron chi connectivity index (χ4n) is 1.82. The maximum Gasteiger partial charge on any atom is 0.0508 e. The van der Waals surface area contributed by atoms with Crippen LogP contribution in [0.5, 0.6) is 0 Å². The summed E-state index contributed by atoms with van der Waals surface area (Å²) < 4.78 is 0. The first-order valence-electron chi connectivity index (χ1n) is 5.31. The van der Waals surface area contributed by atoms with Gasteiger partial charge in [-0.1, -0.05) is 18.2 Å². The second-order valence-electron chi connectivity index (χ2n) is 4.65. The van der Waals surface area contributed by atoms with Gasteiger partial charge in [0.2, 0.25) is 0 Å². The SMILES string of the molecule is C=C(Nc1ccc(Cl)c(C)c1)C1CC1(C)Cl. The van der Waals surface area contributed by atoms with E-state index >= 15 is 0 Å². The summed E-state index contributed by atoms with van der Waals surface area (Å²) in [4.78, 5) is -0.106. The fourth-order valence-corrected chi connectivity index (χ4v) is 2.23. The van der Waals surface area contributed by atoms with Crippen molar-refractivity contribution >= 4 is 28.9 Å². The first kappa shape index (κ1) is 11.8. The van der Waals surface area contributed by atoms with Crippen molar-refractivity contribution in [1.29, 1.82) is 0 Å². The van der Waals surface area contributed by atoms with Crippen molar-refractivity contribution in [2.24, 2.45) is 5.92 Å². The number of hydrogen-bond donors (Lipinski definition) is 1. The van der Waals surface area contributed by atoms with Crippen molar-refractivity contribution in [1.82, 2.24) is 0 Å². The van der Waals surface area contributed by atoms with Gasteiger partial charge in [-0.15, -0.1) is 11.6 Å². The number of aryl methyl sites for hydroxylation is 1. The predicted molar refractivity (Wildman–Crippen MR) is 71.3 cm³/mol. The van der Waals surface area contributed by atoms with E-state index in [2.05, 4.69) is 11.9 Å². The number of allylic oxidation sites excluding steroid dienone is 1. The number of alkyl halides is 1. The summed E-state index contributed by atoms with van der Waals surface area (Å²) >= 11 is 12.2. The van der Waals surface area contributed by atoms with Crippen molar-refractivity contribution < 1.29 is 0 Å². The molecule has 1 nitrogen and oxygen atoms in total. The van der Waals surface area contributed by atoms with E-state index in [1.165, 1.54) is 0 Å². The highest BCUT2D eigenvalue weighted by atomic mass is 35.5. The molecule has 1 fully saturated rings. The Hall–Kier alpha value is -0.660. The summed E-state index contributed by atoms with van der Waals surface area (Å²) in [5.74, 6) is 0.366. The second-order valence-corrected chi connectivity index (χ2v) is 5.92. The minimum Gasteiger partial charge on any atom is -0.359 e. The van der Waals surface area contributed by atoms with E-state index in [1.54, 1.807) is 0 Å². The normalized spacial score (nSPS) is 27.6. The monoisotopic (exact) mass is 255 g/mol. The van der Waals surface area contributed by atoms with Crippen LogP contribution in [-0.4, -0.2) is 4.87 Å². The number of hydrogen-bond acceptors (Lipinski definition) is 1. The molecule has 1 aromatic rings. The first-order chi connectivity index (χ1) is 7.40. The zero-order chi connectivity index (χ0) is 11.9. The lowest BCUT2D eigenvalue weighted by Crippen LogP contribution is -2.05. The van der Waals surface area contributed by atoms with E-state index in [0.29, 0.717) is 5.92 Å². The Morgan fingerprint density at radius 2 is 2.19 bits per heavy atom. The molecule has 1 saturated carbocycles. The van der Waals surface area contributed by atoms with Gasteiger partial charge in [-0.2, -0.15) is 0 Å². The van der Waals surface area contributed by atoms with Crippen molar-refractivity contribution in [2.45, 2.75) is 25.1 Å². The van der Waals surface area contributed by atoms with E-state index in [4.69, 9.17) is 23.2 Å². The van der Waals surface area contributed by atoms with Gasteiger partial charge in [0, 0.05) is 22.3 Å². The van der Waals surface area contributed by atoms with Gasteiger partial charge < -0.3 is 5.32 Å². The summed E-state index contributed by atoms with van der Waals surface area (Å²) in [5, 5.41) is 4.07. The zero-order valence-corrected chi connectivity index (χ0v) is 11.0. The van der Waals surface area contributed by atoms with Crippen molar-refractivity contribution in [3.8, 4) is 0 Å². The Labute approximate surface area is 106 Å².